The van der Waals surface area contributed by atoms with Crippen molar-refractivity contribution in [2.75, 3.05) is 19.0 Å². The second kappa shape index (κ2) is 8.14. The lowest BCUT2D eigenvalue weighted by Gasteiger charge is -2.11. The van der Waals surface area contributed by atoms with Crippen molar-refractivity contribution in [3.8, 4) is 5.75 Å². The molecule has 144 valence electrons. The van der Waals surface area contributed by atoms with Gasteiger partial charge in [0, 0.05) is 35.8 Å². The highest BCUT2D eigenvalue weighted by Crippen LogP contribution is 2.31. The number of carbonyl (C=O) groups excluding carboxylic acids is 2. The molecule has 3 rings (SSSR count). The summed E-state index contributed by atoms with van der Waals surface area (Å²) in [6, 6.07) is 11.0. The Morgan fingerprint density at radius 2 is 1.96 bits per heavy atom. The van der Waals surface area contributed by atoms with Gasteiger partial charge in [0.15, 0.2) is 6.61 Å². The van der Waals surface area contributed by atoms with Crippen LogP contribution in [0.25, 0.3) is 11.0 Å². The van der Waals surface area contributed by atoms with E-state index in [-0.39, 0.29) is 18.3 Å². The van der Waals surface area contributed by atoms with Gasteiger partial charge in [-0.15, -0.1) is 0 Å². The lowest BCUT2D eigenvalue weighted by molar-refractivity contribution is -0.118. The largest absolute Gasteiger partial charge is 0.482 e. The molecule has 8 heteroatoms. The number of fused-ring (bicyclic) bond motifs is 1. The first-order valence-electron chi connectivity index (χ1n) is 8.36. The number of carbonyl (C=O) groups is 2. The van der Waals surface area contributed by atoms with E-state index in [1.165, 1.54) is 19.2 Å². The Kier molecular flexibility index (Phi) is 5.65. The minimum Gasteiger partial charge on any atom is -0.482 e. The molecule has 0 aliphatic heterocycles. The third-order valence-corrected chi connectivity index (χ3v) is 4.29. The van der Waals surface area contributed by atoms with Gasteiger partial charge < -0.3 is 19.8 Å². The Balaban J connectivity index is 1.72. The zero-order valence-electron chi connectivity index (χ0n) is 15.2. The molecule has 0 atom stereocenters. The minimum absolute atomic E-state index is 0.220. The SMILES string of the molecule is CNC(=O)c1cccc(NC(=O)COc2cc3oc(=O)cc(C)c3cc2Cl)c1. The van der Waals surface area contributed by atoms with Crippen molar-refractivity contribution in [1.82, 2.24) is 5.32 Å². The number of hydrogen-bond acceptors (Lipinski definition) is 5. The molecule has 7 nitrogen and oxygen atoms in total. The maximum Gasteiger partial charge on any atom is 0.336 e. The van der Waals surface area contributed by atoms with Crippen molar-refractivity contribution < 1.29 is 18.7 Å². The summed E-state index contributed by atoms with van der Waals surface area (Å²) in [6.45, 7) is 1.46. The van der Waals surface area contributed by atoms with Crippen LogP contribution in [0, 0.1) is 6.92 Å². The van der Waals surface area contributed by atoms with Crippen LogP contribution in [0.4, 0.5) is 5.69 Å². The normalized spacial score (nSPS) is 10.5. The fraction of sp³-hybridized carbons (Fsp3) is 0.150. The smallest absolute Gasteiger partial charge is 0.336 e. The third-order valence-electron chi connectivity index (χ3n) is 4.00. The van der Waals surface area contributed by atoms with E-state index < -0.39 is 11.5 Å². The molecular formula is C20H17ClN2O5. The summed E-state index contributed by atoms with van der Waals surface area (Å²) >= 11 is 6.21. The number of halogens is 1. The Morgan fingerprint density at radius 3 is 2.71 bits per heavy atom. The van der Waals surface area contributed by atoms with E-state index in [1.54, 1.807) is 37.3 Å². The zero-order chi connectivity index (χ0) is 20.3. The quantitative estimate of drug-likeness (QED) is 0.641. The molecular weight excluding hydrogens is 384 g/mol. The predicted octanol–water partition coefficient (Wildman–Crippen LogP) is 3.13. The van der Waals surface area contributed by atoms with Crippen LogP contribution in [0.3, 0.4) is 0 Å². The van der Waals surface area contributed by atoms with Gasteiger partial charge in [0.1, 0.15) is 11.3 Å². The molecule has 28 heavy (non-hydrogen) atoms. The van der Waals surface area contributed by atoms with Crippen LogP contribution in [0.2, 0.25) is 5.02 Å². The summed E-state index contributed by atoms with van der Waals surface area (Å²) in [5, 5.41) is 6.14. The number of benzene rings is 2. The van der Waals surface area contributed by atoms with E-state index in [0.29, 0.717) is 27.2 Å². The van der Waals surface area contributed by atoms with E-state index in [4.69, 9.17) is 20.8 Å². The summed E-state index contributed by atoms with van der Waals surface area (Å²) in [4.78, 5) is 35.4. The molecule has 3 aromatic rings. The number of anilines is 1. The van der Waals surface area contributed by atoms with Crippen molar-refractivity contribution in [2.45, 2.75) is 6.92 Å². The lowest BCUT2D eigenvalue weighted by atomic mass is 10.1. The molecule has 0 saturated carbocycles. The molecule has 1 aromatic heterocycles. The van der Waals surface area contributed by atoms with Gasteiger partial charge in [-0.3, -0.25) is 9.59 Å². The van der Waals surface area contributed by atoms with Crippen molar-refractivity contribution in [3.63, 3.8) is 0 Å². The topological polar surface area (TPSA) is 97.6 Å². The monoisotopic (exact) mass is 400 g/mol. The Bertz CT molecular complexity index is 1120. The van der Waals surface area contributed by atoms with Gasteiger partial charge in [0.05, 0.1) is 5.02 Å². The van der Waals surface area contributed by atoms with Crippen LogP contribution < -0.4 is 21.0 Å². The zero-order valence-corrected chi connectivity index (χ0v) is 15.9. The maximum atomic E-state index is 12.2. The van der Waals surface area contributed by atoms with Crippen LogP contribution in [0.5, 0.6) is 5.75 Å². The van der Waals surface area contributed by atoms with E-state index >= 15 is 0 Å². The number of hydrogen-bond donors (Lipinski definition) is 2. The number of amides is 2. The van der Waals surface area contributed by atoms with Crippen molar-refractivity contribution >= 4 is 40.1 Å². The van der Waals surface area contributed by atoms with Crippen LogP contribution in [-0.4, -0.2) is 25.5 Å². The molecule has 0 spiro atoms. The van der Waals surface area contributed by atoms with E-state index in [0.717, 1.165) is 5.56 Å². The molecule has 0 unspecified atom stereocenters. The first-order chi connectivity index (χ1) is 13.4. The van der Waals surface area contributed by atoms with Gasteiger partial charge in [-0.05, 0) is 36.8 Å². The van der Waals surface area contributed by atoms with E-state index in [9.17, 15) is 14.4 Å². The van der Waals surface area contributed by atoms with Crippen LogP contribution >= 0.6 is 11.6 Å². The van der Waals surface area contributed by atoms with E-state index in [2.05, 4.69) is 10.6 Å². The Labute approximate surface area is 165 Å². The highest BCUT2D eigenvalue weighted by Gasteiger charge is 2.12. The first-order valence-corrected chi connectivity index (χ1v) is 8.74. The second-order valence-electron chi connectivity index (χ2n) is 6.02. The number of aryl methyl sites for hydroxylation is 1. The summed E-state index contributed by atoms with van der Waals surface area (Å²) in [6.07, 6.45) is 0. The standard InChI is InChI=1S/C20H17ClN2O5/c1-11-6-19(25)28-16-9-17(15(21)8-14(11)16)27-10-18(24)23-13-5-3-4-12(7-13)20(26)22-2/h3-9H,10H2,1-2H3,(H,22,26)(H,23,24). The third kappa shape index (κ3) is 4.32. The molecule has 0 aliphatic rings. The first kappa shape index (κ1) is 19.4. The van der Waals surface area contributed by atoms with Crippen LogP contribution in [-0.2, 0) is 4.79 Å². The Hall–Kier alpha value is -3.32. The summed E-state index contributed by atoms with van der Waals surface area (Å²) in [5.74, 6) is -0.472. The lowest BCUT2D eigenvalue weighted by Crippen LogP contribution is -2.21. The average Bonchev–Trinajstić information content (AvgIpc) is 2.66. The van der Waals surface area contributed by atoms with Gasteiger partial charge in [0.25, 0.3) is 11.8 Å². The second-order valence-corrected chi connectivity index (χ2v) is 6.43. The molecule has 0 saturated heterocycles. The highest BCUT2D eigenvalue weighted by molar-refractivity contribution is 6.32. The van der Waals surface area contributed by atoms with Gasteiger partial charge in [-0.1, -0.05) is 17.7 Å². The predicted molar refractivity (Wildman–Crippen MR) is 106 cm³/mol. The van der Waals surface area contributed by atoms with Crippen molar-refractivity contribution in [2.24, 2.45) is 0 Å². The van der Waals surface area contributed by atoms with Gasteiger partial charge in [0.2, 0.25) is 0 Å². The molecule has 1 heterocycles. The molecule has 0 fully saturated rings. The average molecular weight is 401 g/mol. The van der Waals surface area contributed by atoms with Gasteiger partial charge >= 0.3 is 5.63 Å². The summed E-state index contributed by atoms with van der Waals surface area (Å²) < 4.78 is 10.6. The van der Waals surface area contributed by atoms with Gasteiger partial charge in [-0.25, -0.2) is 4.79 Å². The van der Waals surface area contributed by atoms with Crippen molar-refractivity contribution in [3.05, 3.63) is 69.0 Å². The molecule has 2 aromatic carbocycles. The maximum absolute atomic E-state index is 12.2. The molecule has 2 amide bonds. The van der Waals surface area contributed by atoms with E-state index in [1.807, 2.05) is 0 Å². The fourth-order valence-electron chi connectivity index (χ4n) is 2.65. The molecule has 0 aliphatic carbocycles. The van der Waals surface area contributed by atoms with Crippen LogP contribution in [0.15, 0.2) is 51.7 Å². The highest BCUT2D eigenvalue weighted by atomic mass is 35.5. The minimum atomic E-state index is -0.480. The molecule has 0 radical (unpaired) electrons. The van der Waals surface area contributed by atoms with Crippen LogP contribution in [0.1, 0.15) is 15.9 Å². The van der Waals surface area contributed by atoms with Gasteiger partial charge in [-0.2, -0.15) is 0 Å². The fourth-order valence-corrected chi connectivity index (χ4v) is 2.87. The summed E-state index contributed by atoms with van der Waals surface area (Å²) in [5.41, 5.74) is 1.45. The number of nitrogens with one attached hydrogen (secondary N) is 2. The number of ether oxygens (including phenoxy) is 1. The Morgan fingerprint density at radius 1 is 1.18 bits per heavy atom. The number of rotatable bonds is 5. The van der Waals surface area contributed by atoms with Crippen molar-refractivity contribution in [1.29, 1.82) is 0 Å². The molecule has 0 bridgehead atoms. The molecule has 2 N–H and O–H groups in total. The summed E-state index contributed by atoms with van der Waals surface area (Å²) in [7, 11) is 1.53.